The fraction of sp³-hybridized carbons (Fsp3) is 0.257. The van der Waals surface area contributed by atoms with Crippen LogP contribution < -0.4 is 14.4 Å². The van der Waals surface area contributed by atoms with Crippen LogP contribution in [-0.2, 0) is 32.6 Å². The third-order valence-corrected chi connectivity index (χ3v) is 9.88. The maximum Gasteiger partial charge on any atom is 0.264 e. The normalized spacial score (nSPS) is 11.8. The van der Waals surface area contributed by atoms with Crippen molar-refractivity contribution in [1.82, 2.24) is 10.2 Å². The Morgan fingerprint density at radius 3 is 2.15 bits per heavy atom. The second-order valence-electron chi connectivity index (χ2n) is 10.6. The molecule has 0 saturated carbocycles. The predicted octanol–water partition coefficient (Wildman–Crippen LogP) is 6.75. The summed E-state index contributed by atoms with van der Waals surface area (Å²) in [5.41, 5.74) is 1.61. The van der Waals surface area contributed by atoms with E-state index in [0.29, 0.717) is 22.9 Å². The largest absolute Gasteiger partial charge is 0.495 e. The lowest BCUT2D eigenvalue weighted by Crippen LogP contribution is -2.53. The predicted molar refractivity (Wildman–Crippen MR) is 183 cm³/mol. The highest BCUT2D eigenvalue weighted by molar-refractivity contribution is 7.92. The lowest BCUT2D eigenvalue weighted by atomic mass is 10.0. The molecule has 0 aliphatic heterocycles. The average molecular weight is 683 g/mol. The van der Waals surface area contributed by atoms with Crippen molar-refractivity contribution in [3.05, 3.63) is 124 Å². The second kappa shape index (κ2) is 16.5. The molecule has 0 spiro atoms. The number of hydrogen-bond acceptors (Lipinski definition) is 5. The molecule has 0 bridgehead atoms. The van der Waals surface area contributed by atoms with Crippen LogP contribution in [0.25, 0.3) is 0 Å². The van der Waals surface area contributed by atoms with Gasteiger partial charge in [0.2, 0.25) is 11.8 Å². The molecule has 0 aliphatic carbocycles. The molecule has 0 unspecified atom stereocenters. The molecule has 2 amide bonds. The highest BCUT2D eigenvalue weighted by Crippen LogP contribution is 2.32. The van der Waals surface area contributed by atoms with Crippen LogP contribution in [0.5, 0.6) is 5.75 Å². The number of nitrogens with one attached hydrogen (secondary N) is 1. The van der Waals surface area contributed by atoms with E-state index in [-0.39, 0.29) is 34.5 Å². The lowest BCUT2D eigenvalue weighted by molar-refractivity contribution is -0.140. The first-order chi connectivity index (χ1) is 22.1. The average Bonchev–Trinajstić information content (AvgIpc) is 3.06. The van der Waals surface area contributed by atoms with Crippen LogP contribution in [-0.4, -0.2) is 51.4 Å². The number of rotatable bonds is 15. The summed E-state index contributed by atoms with van der Waals surface area (Å²) in [4.78, 5) is 29.8. The third-order valence-electron chi connectivity index (χ3n) is 7.43. The van der Waals surface area contributed by atoms with Crippen molar-refractivity contribution >= 4 is 50.7 Å². The van der Waals surface area contributed by atoms with E-state index in [0.717, 1.165) is 22.7 Å². The number of unbranched alkanes of at least 4 members (excludes halogenated alkanes) is 1. The molecule has 1 N–H and O–H groups in total. The smallest absolute Gasteiger partial charge is 0.264 e. The van der Waals surface area contributed by atoms with Crippen molar-refractivity contribution in [1.29, 1.82) is 0 Å². The van der Waals surface area contributed by atoms with Crippen molar-refractivity contribution in [2.45, 2.75) is 43.7 Å². The van der Waals surface area contributed by atoms with Crippen molar-refractivity contribution < 1.29 is 22.7 Å². The SMILES string of the molecule is CCCCNC(=O)[C@@H](Cc1ccccc1)N(Cc1ccccc1Cl)C(=O)CN(c1ccc(OC)c(Cl)c1)S(=O)(=O)c1ccccc1. The summed E-state index contributed by atoms with van der Waals surface area (Å²) in [6.45, 7) is 1.82. The van der Waals surface area contributed by atoms with Gasteiger partial charge in [0.05, 0.1) is 22.7 Å². The molecule has 11 heteroatoms. The number of ether oxygens (including phenoxy) is 1. The van der Waals surface area contributed by atoms with Crippen LogP contribution in [0.4, 0.5) is 5.69 Å². The molecule has 0 heterocycles. The minimum atomic E-state index is -4.26. The van der Waals surface area contributed by atoms with Gasteiger partial charge in [-0.2, -0.15) is 0 Å². The van der Waals surface area contributed by atoms with Crippen molar-refractivity contribution in [3.63, 3.8) is 0 Å². The highest BCUT2D eigenvalue weighted by Gasteiger charge is 2.35. The molecule has 0 aliphatic rings. The van der Waals surface area contributed by atoms with E-state index in [1.165, 1.54) is 42.3 Å². The molecule has 46 heavy (non-hydrogen) atoms. The molecule has 0 radical (unpaired) electrons. The van der Waals surface area contributed by atoms with E-state index in [2.05, 4.69) is 5.32 Å². The Hall–Kier alpha value is -4.05. The minimum absolute atomic E-state index is 0.00876. The van der Waals surface area contributed by atoms with E-state index >= 15 is 0 Å². The van der Waals surface area contributed by atoms with Gasteiger partial charge < -0.3 is 15.0 Å². The number of halogens is 2. The Labute approximate surface area is 280 Å². The fourth-order valence-corrected chi connectivity index (χ4v) is 6.80. The lowest BCUT2D eigenvalue weighted by Gasteiger charge is -2.34. The Kier molecular flexibility index (Phi) is 12.5. The summed E-state index contributed by atoms with van der Waals surface area (Å²) in [5, 5.41) is 3.56. The fourth-order valence-electron chi connectivity index (χ4n) is 4.93. The Bertz CT molecular complexity index is 1720. The van der Waals surface area contributed by atoms with Gasteiger partial charge in [-0.3, -0.25) is 13.9 Å². The molecule has 0 aromatic heterocycles. The third kappa shape index (κ3) is 8.81. The molecule has 4 aromatic carbocycles. The van der Waals surface area contributed by atoms with Gasteiger partial charge >= 0.3 is 0 Å². The first kappa shape index (κ1) is 34.8. The number of carbonyl (C=O) groups excluding carboxylic acids is 2. The summed E-state index contributed by atoms with van der Waals surface area (Å²) < 4.78 is 34.5. The topological polar surface area (TPSA) is 96.0 Å². The number of carbonyl (C=O) groups is 2. The van der Waals surface area contributed by atoms with Crippen molar-refractivity contribution in [2.75, 3.05) is 24.5 Å². The molecule has 8 nitrogen and oxygen atoms in total. The van der Waals surface area contributed by atoms with Gasteiger partial charge in [-0.25, -0.2) is 8.42 Å². The second-order valence-corrected chi connectivity index (χ2v) is 13.3. The van der Waals surface area contributed by atoms with Crippen LogP contribution in [0.1, 0.15) is 30.9 Å². The number of sulfonamides is 1. The Balaban J connectivity index is 1.81. The number of benzene rings is 4. The number of nitrogens with zero attached hydrogens (tertiary/aromatic N) is 2. The molecule has 1 atom stereocenters. The monoisotopic (exact) mass is 681 g/mol. The van der Waals surface area contributed by atoms with Crippen LogP contribution in [0.2, 0.25) is 10.0 Å². The first-order valence-electron chi connectivity index (χ1n) is 14.9. The Morgan fingerprint density at radius 2 is 1.52 bits per heavy atom. The van der Waals surface area contributed by atoms with Crippen LogP contribution in [0.15, 0.2) is 108 Å². The van der Waals surface area contributed by atoms with Gasteiger partial charge in [0, 0.05) is 24.5 Å². The number of amides is 2. The maximum atomic E-state index is 14.5. The van der Waals surface area contributed by atoms with Crippen molar-refractivity contribution in [3.8, 4) is 5.75 Å². The molecule has 4 aromatic rings. The summed E-state index contributed by atoms with van der Waals surface area (Å²) >= 11 is 13.0. The first-order valence-corrected chi connectivity index (χ1v) is 17.1. The van der Waals surface area contributed by atoms with E-state index < -0.39 is 28.5 Å². The molecule has 0 fully saturated rings. The van der Waals surface area contributed by atoms with E-state index in [4.69, 9.17) is 27.9 Å². The van der Waals surface area contributed by atoms with E-state index in [9.17, 15) is 18.0 Å². The van der Waals surface area contributed by atoms with Gasteiger partial charge in [-0.1, -0.05) is 103 Å². The zero-order valence-corrected chi connectivity index (χ0v) is 28.1. The van der Waals surface area contributed by atoms with Crippen molar-refractivity contribution in [2.24, 2.45) is 0 Å². The molecular weight excluding hydrogens is 645 g/mol. The molecular formula is C35H37Cl2N3O5S. The molecule has 242 valence electrons. The van der Waals surface area contributed by atoms with Crippen LogP contribution in [0.3, 0.4) is 0 Å². The van der Waals surface area contributed by atoms with Gasteiger partial charge in [0.15, 0.2) is 0 Å². The van der Waals surface area contributed by atoms with E-state index in [1.807, 2.05) is 37.3 Å². The standard InChI is InChI=1S/C35H37Cl2N3O5S/c1-3-4-21-38-35(42)32(22-26-13-7-5-8-14-26)39(24-27-15-11-12-18-30(27)36)34(41)25-40(28-19-20-33(45-2)31(37)23-28)46(43,44)29-16-9-6-10-17-29/h5-20,23,32H,3-4,21-22,24-25H2,1-2H3,(H,38,42)/t32-/m1/s1. The van der Waals surface area contributed by atoms with Gasteiger partial charge in [-0.15, -0.1) is 0 Å². The number of hydrogen-bond donors (Lipinski definition) is 1. The number of anilines is 1. The summed E-state index contributed by atoms with van der Waals surface area (Å²) in [6.07, 6.45) is 1.85. The number of methoxy groups -OCH3 is 1. The zero-order valence-electron chi connectivity index (χ0n) is 25.7. The zero-order chi connectivity index (χ0) is 33.1. The molecule has 4 rings (SSSR count). The highest BCUT2D eigenvalue weighted by atomic mass is 35.5. The molecule has 0 saturated heterocycles. The van der Waals surface area contributed by atoms with Crippen LogP contribution in [0, 0.1) is 0 Å². The summed E-state index contributed by atoms with van der Waals surface area (Å²) in [6, 6.07) is 27.8. The minimum Gasteiger partial charge on any atom is -0.495 e. The van der Waals surface area contributed by atoms with Gasteiger partial charge in [0.25, 0.3) is 10.0 Å². The Morgan fingerprint density at radius 1 is 0.870 bits per heavy atom. The summed E-state index contributed by atoms with van der Waals surface area (Å²) in [5.74, 6) is -0.596. The van der Waals surface area contributed by atoms with Gasteiger partial charge in [-0.05, 0) is 53.9 Å². The quantitative estimate of drug-likeness (QED) is 0.140. The van der Waals surface area contributed by atoms with Gasteiger partial charge in [0.1, 0.15) is 18.3 Å². The summed E-state index contributed by atoms with van der Waals surface area (Å²) in [7, 11) is -2.81. The van der Waals surface area contributed by atoms with E-state index in [1.54, 1.807) is 42.5 Å². The van der Waals surface area contributed by atoms with Crippen LogP contribution >= 0.6 is 23.2 Å². The maximum absolute atomic E-state index is 14.5.